The molecule has 102 valence electrons. The van der Waals surface area contributed by atoms with E-state index in [9.17, 15) is 0 Å². The van der Waals surface area contributed by atoms with Crippen LogP contribution in [-0.2, 0) is 9.47 Å². The third-order valence-corrected chi connectivity index (χ3v) is 4.08. The average molecular weight is 251 g/mol. The molecule has 0 aromatic carbocycles. The molecule has 18 heavy (non-hydrogen) atoms. The van der Waals surface area contributed by atoms with Crippen LogP contribution >= 0.6 is 0 Å². The molecule has 2 atom stereocenters. The summed E-state index contributed by atoms with van der Waals surface area (Å²) < 4.78 is 11.7. The van der Waals surface area contributed by atoms with E-state index in [1.165, 1.54) is 6.42 Å². The van der Waals surface area contributed by atoms with Crippen molar-refractivity contribution in [1.82, 2.24) is 4.90 Å². The second-order valence-electron chi connectivity index (χ2n) is 5.44. The van der Waals surface area contributed by atoms with E-state index in [1.54, 1.807) is 0 Å². The van der Waals surface area contributed by atoms with Crippen LogP contribution in [0.25, 0.3) is 0 Å². The van der Waals surface area contributed by atoms with E-state index in [0.717, 1.165) is 45.7 Å². The van der Waals surface area contributed by atoms with Crippen LogP contribution in [-0.4, -0.2) is 50.5 Å². The summed E-state index contributed by atoms with van der Waals surface area (Å²) in [5.74, 6) is 0. The quantitative estimate of drug-likeness (QED) is 0.534. The minimum absolute atomic E-state index is 0.183. The van der Waals surface area contributed by atoms with Gasteiger partial charge in [-0.25, -0.2) is 0 Å². The number of ether oxygens (including phenoxy) is 2. The third-order valence-electron chi connectivity index (χ3n) is 4.08. The summed E-state index contributed by atoms with van der Waals surface area (Å²) in [6.45, 7) is 13.0. The number of piperidine rings is 1. The lowest BCUT2D eigenvalue weighted by molar-refractivity contribution is -0.149. The van der Waals surface area contributed by atoms with Crippen molar-refractivity contribution >= 4 is 0 Å². The fourth-order valence-electron chi connectivity index (χ4n) is 3.28. The normalized spacial score (nSPS) is 32.8. The number of nitrogens with zero attached hydrogens (tertiary/aromatic N) is 1. The van der Waals surface area contributed by atoms with E-state index in [-0.39, 0.29) is 5.41 Å². The highest BCUT2D eigenvalue weighted by atomic mass is 16.5. The first kappa shape index (κ1) is 13.8. The molecule has 0 radical (unpaired) electrons. The maximum Gasteiger partial charge on any atom is 0.0677 e. The van der Waals surface area contributed by atoms with E-state index in [2.05, 4.69) is 18.1 Å². The van der Waals surface area contributed by atoms with Crippen LogP contribution in [0, 0.1) is 5.41 Å². The van der Waals surface area contributed by atoms with Crippen molar-refractivity contribution in [3.8, 4) is 0 Å². The van der Waals surface area contributed by atoms with Gasteiger partial charge in [0.1, 0.15) is 0 Å². The Morgan fingerprint density at radius 2 is 2.28 bits per heavy atom. The van der Waals surface area contributed by atoms with Crippen LogP contribution in [0.2, 0.25) is 0 Å². The molecule has 2 aliphatic heterocycles. The lowest BCUT2D eigenvalue weighted by Crippen LogP contribution is -2.56. The smallest absolute Gasteiger partial charge is 0.0677 e. The predicted molar refractivity (Wildman–Crippen MR) is 73.7 cm³/mol. The zero-order chi connectivity index (χ0) is 12.8. The number of hydrogen-bond acceptors (Lipinski definition) is 3. The molecular formula is C15H25NO2. The molecule has 3 nitrogen and oxygen atoms in total. The van der Waals surface area contributed by atoms with Crippen LogP contribution in [0.4, 0.5) is 0 Å². The summed E-state index contributed by atoms with van der Waals surface area (Å²) in [4.78, 5) is 2.47. The molecule has 0 spiro atoms. The molecule has 3 heteroatoms. The van der Waals surface area contributed by atoms with Gasteiger partial charge in [-0.3, -0.25) is 4.90 Å². The third kappa shape index (κ3) is 3.02. The van der Waals surface area contributed by atoms with Gasteiger partial charge in [0.25, 0.3) is 0 Å². The average Bonchev–Trinajstić information content (AvgIpc) is 2.39. The number of hydrogen-bond donors (Lipinski definition) is 0. The van der Waals surface area contributed by atoms with E-state index < -0.39 is 0 Å². The van der Waals surface area contributed by atoms with Gasteiger partial charge in [0, 0.05) is 31.7 Å². The highest BCUT2D eigenvalue weighted by Gasteiger charge is 2.45. The minimum Gasteiger partial charge on any atom is -0.377 e. The highest BCUT2D eigenvalue weighted by molar-refractivity contribution is 4.97. The van der Waals surface area contributed by atoms with Crippen molar-refractivity contribution in [1.29, 1.82) is 0 Å². The summed E-state index contributed by atoms with van der Waals surface area (Å²) in [7, 11) is 0. The Kier molecular flexibility index (Phi) is 4.98. The molecule has 2 heterocycles. The summed E-state index contributed by atoms with van der Waals surface area (Å²) in [5.41, 5.74) is 0.183. The van der Waals surface area contributed by atoms with Gasteiger partial charge in [-0.15, -0.1) is 13.2 Å². The zero-order valence-electron chi connectivity index (χ0n) is 11.3. The summed E-state index contributed by atoms with van der Waals surface area (Å²) in [6, 6.07) is 0. The molecule has 0 amide bonds. The monoisotopic (exact) mass is 251 g/mol. The summed E-state index contributed by atoms with van der Waals surface area (Å²) in [5, 5.41) is 0. The van der Waals surface area contributed by atoms with E-state index in [4.69, 9.17) is 9.47 Å². The van der Waals surface area contributed by atoms with Crippen molar-refractivity contribution in [3.63, 3.8) is 0 Å². The Hall–Kier alpha value is -0.640. The molecule has 0 N–H and O–H groups in total. The summed E-state index contributed by atoms with van der Waals surface area (Å²) >= 11 is 0. The molecule has 0 saturated carbocycles. The molecule has 0 aromatic rings. The molecule has 2 aliphatic rings. The van der Waals surface area contributed by atoms with Crippen molar-refractivity contribution < 1.29 is 9.47 Å². The maximum absolute atomic E-state index is 5.98. The predicted octanol–water partition coefficient (Wildman–Crippen LogP) is 2.25. The second-order valence-corrected chi connectivity index (χ2v) is 5.44. The minimum atomic E-state index is 0.183. The van der Waals surface area contributed by atoms with Gasteiger partial charge in [0.15, 0.2) is 0 Å². The zero-order valence-corrected chi connectivity index (χ0v) is 11.3. The van der Waals surface area contributed by atoms with Gasteiger partial charge < -0.3 is 9.47 Å². The highest BCUT2D eigenvalue weighted by Crippen LogP contribution is 2.40. The molecule has 0 unspecified atom stereocenters. The van der Waals surface area contributed by atoms with Gasteiger partial charge in [-0.05, 0) is 19.3 Å². The first-order valence-corrected chi connectivity index (χ1v) is 6.94. The van der Waals surface area contributed by atoms with Crippen molar-refractivity contribution in [2.45, 2.75) is 25.4 Å². The molecule has 0 aliphatic carbocycles. The van der Waals surface area contributed by atoms with Crippen molar-refractivity contribution in [3.05, 3.63) is 25.3 Å². The van der Waals surface area contributed by atoms with E-state index in [1.807, 2.05) is 12.2 Å². The Morgan fingerprint density at radius 1 is 1.39 bits per heavy atom. The molecule has 0 aromatic heterocycles. The van der Waals surface area contributed by atoms with Gasteiger partial charge in [0.05, 0.1) is 19.3 Å². The standard InChI is InChI=1S/C15H25NO2/c1-3-8-16-9-6-14-15(12-16,7-5-11-18-14)13-17-10-4-2/h3-4,14H,1-2,5-13H2/t14-,15-/m0/s1. The number of likely N-dealkylation sites (tertiary alicyclic amines) is 1. The second kappa shape index (κ2) is 6.50. The maximum atomic E-state index is 5.98. The van der Waals surface area contributed by atoms with Crippen LogP contribution in [0.15, 0.2) is 25.3 Å². The van der Waals surface area contributed by atoms with Gasteiger partial charge in [-0.1, -0.05) is 12.2 Å². The molecule has 2 saturated heterocycles. The Balaban J connectivity index is 2.01. The molecule has 2 fully saturated rings. The Morgan fingerprint density at radius 3 is 3.06 bits per heavy atom. The Bertz CT molecular complexity index is 292. The largest absolute Gasteiger partial charge is 0.377 e. The molecule has 0 bridgehead atoms. The van der Waals surface area contributed by atoms with E-state index in [0.29, 0.717) is 12.7 Å². The van der Waals surface area contributed by atoms with Crippen LogP contribution in [0.5, 0.6) is 0 Å². The number of rotatable bonds is 6. The first-order chi connectivity index (χ1) is 8.80. The lowest BCUT2D eigenvalue weighted by atomic mass is 9.73. The van der Waals surface area contributed by atoms with Crippen LogP contribution in [0.1, 0.15) is 19.3 Å². The van der Waals surface area contributed by atoms with E-state index >= 15 is 0 Å². The Labute approximate surface area is 110 Å². The van der Waals surface area contributed by atoms with Crippen LogP contribution < -0.4 is 0 Å². The lowest BCUT2D eigenvalue weighted by Gasteiger charge is -2.50. The molecular weight excluding hydrogens is 226 g/mol. The summed E-state index contributed by atoms with van der Waals surface area (Å²) in [6.07, 6.45) is 7.66. The van der Waals surface area contributed by atoms with Gasteiger partial charge in [0.2, 0.25) is 0 Å². The topological polar surface area (TPSA) is 21.7 Å². The van der Waals surface area contributed by atoms with Crippen molar-refractivity contribution in [2.75, 3.05) is 39.5 Å². The fraction of sp³-hybridized carbons (Fsp3) is 0.733. The molecule has 2 rings (SSSR count). The van der Waals surface area contributed by atoms with Crippen LogP contribution in [0.3, 0.4) is 0 Å². The van der Waals surface area contributed by atoms with Gasteiger partial charge >= 0.3 is 0 Å². The van der Waals surface area contributed by atoms with Gasteiger partial charge in [-0.2, -0.15) is 0 Å². The SMILES string of the molecule is C=CCOC[C@@]12CCCO[C@H]1CCN(CC=C)C2. The van der Waals surface area contributed by atoms with Crippen molar-refractivity contribution in [2.24, 2.45) is 5.41 Å². The first-order valence-electron chi connectivity index (χ1n) is 6.94. The number of fused-ring (bicyclic) bond motifs is 1. The fourth-order valence-corrected chi connectivity index (χ4v) is 3.28.